The van der Waals surface area contributed by atoms with Gasteiger partial charge in [-0.2, -0.15) is 0 Å². The number of para-hydroxylation sites is 4. The van der Waals surface area contributed by atoms with E-state index in [9.17, 15) is 43.5 Å². The van der Waals surface area contributed by atoms with Crippen molar-refractivity contribution in [2.24, 2.45) is 41.2 Å². The van der Waals surface area contributed by atoms with Crippen molar-refractivity contribution in [3.05, 3.63) is 73.8 Å². The summed E-state index contributed by atoms with van der Waals surface area (Å²) in [5.41, 5.74) is 7.76. The summed E-state index contributed by atoms with van der Waals surface area (Å²) < 4.78 is 0. The normalized spacial score (nSPS) is 16.4. The maximum absolute atomic E-state index is 13.2. The number of nitrogens with zero attached hydrogens (tertiary/aromatic N) is 4. The van der Waals surface area contributed by atoms with Crippen LogP contribution < -0.4 is 36.0 Å². The first kappa shape index (κ1) is 50.8. The van der Waals surface area contributed by atoms with Crippen molar-refractivity contribution in [2.75, 3.05) is 47.8 Å². The van der Waals surface area contributed by atoms with Gasteiger partial charge in [0.2, 0.25) is 17.7 Å². The number of carboxylic acids is 1. The summed E-state index contributed by atoms with van der Waals surface area (Å²) in [4.78, 5) is 107. The highest BCUT2D eigenvalue weighted by Gasteiger charge is 2.43. The highest BCUT2D eigenvalue weighted by Crippen LogP contribution is 2.34. The Balaban J connectivity index is 0.000000413. The van der Waals surface area contributed by atoms with Crippen molar-refractivity contribution in [3.63, 3.8) is 0 Å². The quantitative estimate of drug-likeness (QED) is 0.141. The largest absolute Gasteiger partial charge is 0.481 e. The van der Waals surface area contributed by atoms with Crippen molar-refractivity contribution in [1.82, 2.24) is 10.6 Å². The second-order valence-electron chi connectivity index (χ2n) is 15.9. The first-order valence-corrected chi connectivity index (χ1v) is 19.8. The number of likely N-dealkylation sites (N-methyl/N-ethyl adjacent to an activating group) is 4. The molecule has 2 aromatic rings. The van der Waals surface area contributed by atoms with Gasteiger partial charge in [0.15, 0.2) is 12.1 Å². The van der Waals surface area contributed by atoms with Crippen LogP contribution in [0, 0.1) is 35.5 Å². The van der Waals surface area contributed by atoms with E-state index in [-0.39, 0.29) is 32.1 Å². The number of fused-ring (bicyclic) bond motifs is 2. The van der Waals surface area contributed by atoms with Crippen molar-refractivity contribution in [2.45, 2.75) is 72.9 Å². The molecule has 16 heteroatoms. The summed E-state index contributed by atoms with van der Waals surface area (Å²) in [6.45, 7) is 14.8. The summed E-state index contributed by atoms with van der Waals surface area (Å²) in [5.74, 6) is -8.46. The fourth-order valence-corrected chi connectivity index (χ4v) is 7.47. The van der Waals surface area contributed by atoms with E-state index in [1.165, 1.54) is 45.8 Å². The zero-order valence-corrected chi connectivity index (χ0v) is 35.7. The van der Waals surface area contributed by atoms with Gasteiger partial charge < -0.3 is 41.1 Å². The van der Waals surface area contributed by atoms with Gasteiger partial charge in [-0.1, -0.05) is 71.5 Å². The molecular formula is C45H63N7O9. The number of anilines is 4. The zero-order valence-electron chi connectivity index (χ0n) is 35.7. The molecule has 0 aromatic heterocycles. The topological polar surface area (TPSA) is 220 Å². The molecular weight excluding hydrogens is 783 g/mol. The number of carbonyl (C=O) groups is 8. The van der Waals surface area contributed by atoms with Gasteiger partial charge in [-0.25, -0.2) is 0 Å². The standard InChI is InChI=1S/C22H30N4O4.C22H29N3O5.CH4/c1-6-9-14(19(23)27)15(12-13(2)3)20(28)24-18-21(29)25(4)16-10-7-8-11-17(16)26(5)22(18)30;1-6-9-14(22(29)30)15(12-13(2)3)19(26)23-18-20(27)24(4)16-10-7-8-11-17(16)25(5)21(18)28;/h6-8,10-11,13-15,18H,1,9,12H2,2-5H3,(H2,23,27)(H,24,28);6-8,10-11,13-15,18H,1,9,12H2,2-5H3,(H,23,26)(H,29,30);1H4/t2*14-,15+;/m00./s1. The molecule has 4 rings (SSSR count). The van der Waals surface area contributed by atoms with E-state index < -0.39 is 83.1 Å². The Bertz CT molecular complexity index is 1760. The van der Waals surface area contributed by atoms with Crippen LogP contribution in [0.4, 0.5) is 22.7 Å². The molecule has 4 atom stereocenters. The summed E-state index contributed by atoms with van der Waals surface area (Å²) in [6, 6.07) is 11.1. The highest BCUT2D eigenvalue weighted by atomic mass is 16.4. The van der Waals surface area contributed by atoms with Gasteiger partial charge in [0, 0.05) is 28.2 Å². The molecule has 0 saturated heterocycles. The Morgan fingerprint density at radius 2 is 0.885 bits per heavy atom. The average molecular weight is 846 g/mol. The van der Waals surface area contributed by atoms with Crippen molar-refractivity contribution in [1.29, 1.82) is 0 Å². The van der Waals surface area contributed by atoms with E-state index in [2.05, 4.69) is 23.8 Å². The monoisotopic (exact) mass is 845 g/mol. The van der Waals surface area contributed by atoms with Crippen LogP contribution in [0.15, 0.2) is 73.8 Å². The second kappa shape index (κ2) is 22.3. The van der Waals surface area contributed by atoms with Gasteiger partial charge in [0.05, 0.1) is 46.4 Å². The predicted molar refractivity (Wildman–Crippen MR) is 236 cm³/mol. The van der Waals surface area contributed by atoms with E-state index >= 15 is 0 Å². The number of hydrogen-bond acceptors (Lipinski definition) is 8. The van der Waals surface area contributed by atoms with E-state index in [1.807, 2.05) is 27.7 Å². The maximum atomic E-state index is 13.2. The molecule has 0 spiro atoms. The van der Waals surface area contributed by atoms with Crippen LogP contribution in [-0.4, -0.2) is 92.7 Å². The van der Waals surface area contributed by atoms with Crippen LogP contribution in [0.1, 0.15) is 60.8 Å². The van der Waals surface area contributed by atoms with Gasteiger partial charge in [-0.15, -0.1) is 13.2 Å². The van der Waals surface area contributed by atoms with Gasteiger partial charge in [0.25, 0.3) is 23.6 Å². The number of nitrogens with one attached hydrogen (secondary N) is 2. The number of nitrogens with two attached hydrogens (primary N) is 1. The van der Waals surface area contributed by atoms with Crippen molar-refractivity contribution < 1.29 is 43.5 Å². The highest BCUT2D eigenvalue weighted by molar-refractivity contribution is 6.22. The number of amides is 7. The fraction of sp³-hybridized carbons (Fsp3) is 0.467. The molecule has 2 aliphatic rings. The number of carbonyl (C=O) groups excluding carboxylic acids is 7. The third-order valence-corrected chi connectivity index (χ3v) is 10.7. The lowest BCUT2D eigenvalue weighted by molar-refractivity contribution is -0.148. The van der Waals surface area contributed by atoms with Crippen LogP contribution in [0.5, 0.6) is 0 Å². The van der Waals surface area contributed by atoms with Gasteiger partial charge in [-0.3, -0.25) is 38.4 Å². The second-order valence-corrected chi connectivity index (χ2v) is 15.9. The van der Waals surface area contributed by atoms with Crippen molar-refractivity contribution >= 4 is 70.1 Å². The molecule has 2 aliphatic heterocycles. The maximum Gasteiger partial charge on any atom is 0.307 e. The smallest absolute Gasteiger partial charge is 0.307 e. The summed E-state index contributed by atoms with van der Waals surface area (Å²) in [5, 5.41) is 14.7. The predicted octanol–water partition coefficient (Wildman–Crippen LogP) is 4.14. The molecule has 7 amide bonds. The molecule has 0 bridgehead atoms. The molecule has 0 saturated carbocycles. The SMILES string of the molecule is C.C=CC[C@H](C(=O)O)[C@@H](CC(C)C)C(=O)NC1C(=O)N(C)c2ccccc2N(C)C1=O.C=CC[C@H](C(N)=O)[C@@H](CC(C)C)C(=O)NC1C(=O)N(C)c2ccccc2N(C)C1=O. The first-order chi connectivity index (χ1) is 28.2. The minimum atomic E-state index is -1.44. The summed E-state index contributed by atoms with van der Waals surface area (Å²) in [6.07, 6.45) is 4.03. The third-order valence-electron chi connectivity index (χ3n) is 10.7. The molecule has 2 aromatic carbocycles. The van der Waals surface area contributed by atoms with Crippen LogP contribution in [0.25, 0.3) is 0 Å². The number of rotatable bonds is 16. The van der Waals surface area contributed by atoms with Gasteiger partial charge >= 0.3 is 5.97 Å². The molecule has 2 heterocycles. The Kier molecular flexibility index (Phi) is 18.6. The van der Waals surface area contributed by atoms with Gasteiger partial charge in [0.1, 0.15) is 0 Å². The first-order valence-electron chi connectivity index (χ1n) is 19.8. The molecule has 5 N–H and O–H groups in total. The minimum absolute atomic E-state index is 0. The minimum Gasteiger partial charge on any atom is -0.481 e. The molecule has 61 heavy (non-hydrogen) atoms. The zero-order chi connectivity index (χ0) is 45.2. The number of primary amides is 1. The van der Waals surface area contributed by atoms with Crippen LogP contribution in [-0.2, 0) is 38.4 Å². The Morgan fingerprint density at radius 1 is 0.607 bits per heavy atom. The number of allylic oxidation sites excluding steroid dienone is 2. The summed E-state index contributed by atoms with van der Waals surface area (Å²) >= 11 is 0. The summed E-state index contributed by atoms with van der Waals surface area (Å²) in [7, 11) is 6.19. The average Bonchev–Trinajstić information content (AvgIpc) is 3.31. The number of hydrogen-bond donors (Lipinski definition) is 4. The molecule has 0 unspecified atom stereocenters. The van der Waals surface area contributed by atoms with Gasteiger partial charge in [-0.05, 0) is 61.8 Å². The Labute approximate surface area is 359 Å². The molecule has 332 valence electrons. The van der Waals surface area contributed by atoms with E-state index in [4.69, 9.17) is 5.73 Å². The number of carboxylic acid groups (broad SMARTS) is 1. The third kappa shape index (κ3) is 11.9. The van der Waals surface area contributed by atoms with Crippen LogP contribution in [0.2, 0.25) is 0 Å². The Hall–Kier alpha value is -6.32. The lowest BCUT2D eigenvalue weighted by Gasteiger charge is -2.27. The van der Waals surface area contributed by atoms with Crippen LogP contribution in [0.3, 0.4) is 0 Å². The molecule has 0 fully saturated rings. The van der Waals surface area contributed by atoms with E-state index in [1.54, 1.807) is 62.6 Å². The fourth-order valence-electron chi connectivity index (χ4n) is 7.47. The van der Waals surface area contributed by atoms with E-state index in [0.29, 0.717) is 35.6 Å². The molecule has 0 radical (unpaired) electrons. The van der Waals surface area contributed by atoms with E-state index in [0.717, 1.165) is 0 Å². The molecule has 0 aliphatic carbocycles. The lowest BCUT2D eigenvalue weighted by atomic mass is 9.82. The molecule has 16 nitrogen and oxygen atoms in total. The Morgan fingerprint density at radius 3 is 1.13 bits per heavy atom. The number of aliphatic carboxylic acids is 1. The van der Waals surface area contributed by atoms with Crippen LogP contribution >= 0.6 is 0 Å². The lowest BCUT2D eigenvalue weighted by Crippen LogP contribution is -2.56. The number of benzene rings is 2. The van der Waals surface area contributed by atoms with Crippen molar-refractivity contribution in [3.8, 4) is 0 Å².